The zero-order chi connectivity index (χ0) is 29.9. The van der Waals surface area contributed by atoms with E-state index in [2.05, 4.69) is 90.1 Å². The van der Waals surface area contributed by atoms with Crippen LogP contribution in [0.1, 0.15) is 53.4 Å². The summed E-state index contributed by atoms with van der Waals surface area (Å²) in [6.07, 6.45) is 3.87. The minimum absolute atomic E-state index is 0. The average Bonchev–Trinajstić information content (AvgIpc) is 2.91. The summed E-state index contributed by atoms with van der Waals surface area (Å²) in [6.45, 7) is 45.5. The second-order valence-electron chi connectivity index (χ2n) is 4.34. The van der Waals surface area contributed by atoms with Gasteiger partial charge in [0.1, 0.15) is 0 Å². The molecule has 35 heavy (non-hydrogen) atoms. The minimum atomic E-state index is -4.50. The monoisotopic (exact) mass is 536 g/mol. The summed E-state index contributed by atoms with van der Waals surface area (Å²) < 4.78 is 39.5. The molecule has 0 aliphatic heterocycles. The summed E-state index contributed by atoms with van der Waals surface area (Å²) in [5.41, 5.74) is 0. The molecule has 0 amide bonds. The second kappa shape index (κ2) is 93.4. The van der Waals surface area contributed by atoms with Crippen LogP contribution in [-0.4, -0.2) is 56.2 Å². The molecule has 0 aliphatic carbocycles. The third-order valence-corrected chi connectivity index (χ3v) is 2.92. The largest absolute Gasteiger partial charge is 1.00 e. The topological polar surface area (TPSA) is 116 Å². The summed E-state index contributed by atoms with van der Waals surface area (Å²) in [5.74, 6) is 0.184. The Morgan fingerprint density at radius 1 is 0.743 bits per heavy atom. The third kappa shape index (κ3) is 160. The molecule has 0 heterocycles. The summed E-state index contributed by atoms with van der Waals surface area (Å²) in [7, 11) is -4.50. The first kappa shape index (κ1) is 64.4. The van der Waals surface area contributed by atoms with Crippen molar-refractivity contribution in [3.8, 4) is 0 Å². The van der Waals surface area contributed by atoms with E-state index in [1.54, 1.807) is 0 Å². The second-order valence-corrected chi connectivity index (χ2v) is 5.39. The molecular weight excluding hydrogens is 479 g/mol. The van der Waals surface area contributed by atoms with E-state index in [1.165, 1.54) is 0 Å². The van der Waals surface area contributed by atoms with Crippen molar-refractivity contribution >= 4 is 10.4 Å². The van der Waals surface area contributed by atoms with E-state index >= 15 is 0 Å². The van der Waals surface area contributed by atoms with Crippen molar-refractivity contribution in [1.82, 2.24) is 0 Å². The van der Waals surface area contributed by atoms with E-state index in [1.807, 2.05) is 20.8 Å². The maximum Gasteiger partial charge on any atom is 1.00 e. The minimum Gasteiger partial charge on any atom is -0.726 e. The molecule has 1 atom stereocenters. The fourth-order valence-electron chi connectivity index (χ4n) is 1.28. The number of unbranched alkanes of at least 4 members (excludes halogenated alkanes) is 1. The van der Waals surface area contributed by atoms with Crippen molar-refractivity contribution in [1.29, 1.82) is 0 Å². The molecule has 0 bridgehead atoms. The van der Waals surface area contributed by atoms with E-state index in [-0.39, 0.29) is 55.3 Å². The number of hydrogen-bond donors (Lipinski definition) is 2. The molecule has 0 aromatic rings. The molecule has 0 rings (SSSR count). The van der Waals surface area contributed by atoms with Gasteiger partial charge in [-0.25, -0.2) is 8.42 Å². The van der Waals surface area contributed by atoms with Crippen LogP contribution in [0.25, 0.3) is 0 Å². The molecular formula is C26H57NaO7S. The van der Waals surface area contributed by atoms with E-state index in [9.17, 15) is 13.0 Å². The van der Waals surface area contributed by atoms with Gasteiger partial charge in [0.2, 0.25) is 10.4 Å². The van der Waals surface area contributed by atoms with Crippen LogP contribution in [0.15, 0.2) is 78.9 Å². The molecule has 0 aliphatic rings. The fourth-order valence-corrected chi connectivity index (χ4v) is 1.64. The van der Waals surface area contributed by atoms with Crippen molar-refractivity contribution in [2.24, 2.45) is 5.92 Å². The van der Waals surface area contributed by atoms with Crippen LogP contribution < -0.4 is 29.6 Å². The molecule has 0 saturated carbocycles. The predicted molar refractivity (Wildman–Crippen MR) is 153 cm³/mol. The summed E-state index contributed by atoms with van der Waals surface area (Å²) in [5, 5.41) is 15.2. The molecule has 2 N–H and O–H groups in total. The van der Waals surface area contributed by atoms with E-state index in [4.69, 9.17) is 14.9 Å². The Morgan fingerprint density at radius 3 is 1.20 bits per heavy atom. The van der Waals surface area contributed by atoms with Crippen LogP contribution in [0.3, 0.4) is 0 Å². The number of aliphatic hydroxyl groups excluding tert-OH is 2. The maximum atomic E-state index is 10.1. The van der Waals surface area contributed by atoms with Crippen molar-refractivity contribution < 1.29 is 61.7 Å². The first-order valence-corrected chi connectivity index (χ1v) is 12.1. The van der Waals surface area contributed by atoms with E-state index in [0.717, 1.165) is 38.9 Å². The van der Waals surface area contributed by atoms with E-state index < -0.39 is 10.4 Å². The zero-order valence-corrected chi connectivity index (χ0v) is 26.6. The quantitative estimate of drug-likeness (QED) is 0.190. The van der Waals surface area contributed by atoms with Gasteiger partial charge in [0.05, 0.1) is 19.8 Å². The van der Waals surface area contributed by atoms with Gasteiger partial charge in [0, 0.05) is 13.2 Å². The number of hydrogen-bond acceptors (Lipinski definition) is 7. The van der Waals surface area contributed by atoms with Gasteiger partial charge in [-0.2, -0.15) is 0 Å². The van der Waals surface area contributed by atoms with Crippen molar-refractivity contribution in [3.63, 3.8) is 0 Å². The van der Waals surface area contributed by atoms with Gasteiger partial charge >= 0.3 is 29.6 Å². The van der Waals surface area contributed by atoms with Crippen LogP contribution in [0.4, 0.5) is 0 Å². The molecule has 7 nitrogen and oxygen atoms in total. The first-order chi connectivity index (χ1) is 16.3. The van der Waals surface area contributed by atoms with Crippen molar-refractivity contribution in [2.45, 2.75) is 53.4 Å². The van der Waals surface area contributed by atoms with E-state index in [0.29, 0.717) is 0 Å². The molecule has 0 fully saturated rings. The normalized spacial score (nSPS) is 8.09. The zero-order valence-electron chi connectivity index (χ0n) is 23.8. The standard InChI is InChI=1S/C8H18O4S.C4H10O.C2H6O2.6C2H4.Na/c1-3-5-6-8(4-2)7-12-13(9,10)11;1-3-5-4-2;3-1-2-4;6*1-2;/h8H,3-7H2,1-2H3,(H,9,10,11);3-4H2,1-2H3;3-4H,1-2H2;6*1-2H2;/q;;;;;;;;;+1/p-1. The molecule has 1 unspecified atom stereocenters. The Kier molecular flexibility index (Phi) is 172. The Hall–Kier alpha value is -0.810. The molecule has 0 radical (unpaired) electrons. The number of rotatable bonds is 10. The molecule has 0 aromatic carbocycles. The summed E-state index contributed by atoms with van der Waals surface area (Å²) in [6, 6.07) is 0. The Bertz CT molecular complexity index is 351. The van der Waals surface area contributed by atoms with Gasteiger partial charge in [-0.05, 0) is 26.2 Å². The first-order valence-electron chi connectivity index (χ1n) is 10.7. The summed E-state index contributed by atoms with van der Waals surface area (Å²) in [4.78, 5) is 0. The molecule has 210 valence electrons. The van der Waals surface area contributed by atoms with Gasteiger partial charge in [-0.15, -0.1) is 78.9 Å². The Morgan fingerprint density at radius 2 is 1.06 bits per heavy atom. The third-order valence-electron chi connectivity index (χ3n) is 2.50. The summed E-state index contributed by atoms with van der Waals surface area (Å²) >= 11 is 0. The number of aliphatic hydroxyl groups is 2. The van der Waals surface area contributed by atoms with Gasteiger partial charge in [-0.3, -0.25) is 4.18 Å². The molecule has 0 saturated heterocycles. The van der Waals surface area contributed by atoms with Crippen molar-refractivity contribution in [3.05, 3.63) is 78.9 Å². The SMILES string of the molecule is C=C.C=C.C=C.C=C.C=C.C=C.CCCCC(CC)COS(=O)(=O)[O-].CCOCC.OCCO.[Na+]. The van der Waals surface area contributed by atoms with Crippen molar-refractivity contribution in [2.75, 3.05) is 33.0 Å². The predicted octanol–water partition coefficient (Wildman–Crippen LogP) is 3.51. The van der Waals surface area contributed by atoms with Crippen LogP contribution in [0.2, 0.25) is 0 Å². The van der Waals surface area contributed by atoms with Gasteiger partial charge in [0.15, 0.2) is 0 Å². The average molecular weight is 537 g/mol. The molecule has 0 aromatic heterocycles. The Balaban J connectivity index is -0.0000000299. The van der Waals surface area contributed by atoms with Crippen LogP contribution in [0.5, 0.6) is 0 Å². The van der Waals surface area contributed by atoms with Gasteiger partial charge in [-0.1, -0.05) is 33.1 Å². The van der Waals surface area contributed by atoms with Crippen LogP contribution in [-0.2, 0) is 19.3 Å². The Labute approximate surface area is 242 Å². The molecule has 0 spiro atoms. The molecule has 9 heteroatoms. The maximum absolute atomic E-state index is 10.1. The van der Waals surface area contributed by atoms with Gasteiger partial charge in [0.25, 0.3) is 0 Å². The van der Waals surface area contributed by atoms with Crippen LogP contribution >= 0.6 is 0 Å². The fraction of sp³-hybridized carbons (Fsp3) is 0.538. The van der Waals surface area contributed by atoms with Crippen LogP contribution in [0, 0.1) is 5.92 Å². The smallest absolute Gasteiger partial charge is 0.726 e. The van der Waals surface area contributed by atoms with Gasteiger partial charge < -0.3 is 19.5 Å². The number of ether oxygens (including phenoxy) is 1.